The van der Waals surface area contributed by atoms with E-state index < -0.39 is 0 Å². The van der Waals surface area contributed by atoms with E-state index in [4.69, 9.17) is 29.6 Å². The molecule has 0 saturated carbocycles. The summed E-state index contributed by atoms with van der Waals surface area (Å²) in [6.07, 6.45) is 6.33. The maximum atomic E-state index is 6.13. The molecule has 1 aromatic carbocycles. The Labute approximate surface area is 136 Å². The molecule has 2 aliphatic rings. The van der Waals surface area contributed by atoms with Gasteiger partial charge in [-0.25, -0.2) is 0 Å². The fourth-order valence-corrected chi connectivity index (χ4v) is 4.15. The molecule has 2 saturated heterocycles. The van der Waals surface area contributed by atoms with E-state index in [1.807, 2.05) is 18.2 Å². The molecule has 3 rings (SSSR count). The molecule has 2 unspecified atom stereocenters. The van der Waals surface area contributed by atoms with E-state index in [1.165, 1.54) is 32.1 Å². The van der Waals surface area contributed by atoms with Gasteiger partial charge >= 0.3 is 0 Å². The maximum Gasteiger partial charge on any atom is 0.106 e. The highest BCUT2D eigenvalue weighted by Gasteiger charge is 2.36. The van der Waals surface area contributed by atoms with Gasteiger partial charge in [0.15, 0.2) is 0 Å². The first-order valence-corrected chi connectivity index (χ1v) is 8.41. The fourth-order valence-electron chi connectivity index (χ4n) is 3.80. The lowest BCUT2D eigenvalue weighted by Crippen LogP contribution is -2.52. The number of benzene rings is 1. The number of nitrogens with two attached hydrogens (primary N) is 1. The molecule has 0 spiro atoms. The van der Waals surface area contributed by atoms with Crippen molar-refractivity contribution in [3.05, 3.63) is 28.8 Å². The highest BCUT2D eigenvalue weighted by molar-refractivity contribution is 7.80. The number of piperidine rings is 2. The topological polar surface area (TPSA) is 41.3 Å². The van der Waals surface area contributed by atoms with E-state index in [9.17, 15) is 0 Å². The molecule has 3 N–H and O–H groups in total. The van der Waals surface area contributed by atoms with Gasteiger partial charge in [0.05, 0.1) is 0 Å². The Hall–Kier alpha value is -0.840. The lowest BCUT2D eigenvalue weighted by molar-refractivity contribution is 0.0608. The molecule has 5 heteroatoms. The first-order chi connectivity index (χ1) is 10.0. The van der Waals surface area contributed by atoms with Crippen LogP contribution in [0.4, 0.5) is 5.69 Å². The van der Waals surface area contributed by atoms with Gasteiger partial charge in [-0.05, 0) is 50.9 Å². The lowest BCUT2D eigenvalue weighted by Gasteiger charge is -2.47. The molecule has 2 heterocycles. The number of hydrogen-bond donors (Lipinski definition) is 2. The van der Waals surface area contributed by atoms with Crippen molar-refractivity contribution in [3.63, 3.8) is 0 Å². The third-order valence-electron chi connectivity index (χ3n) is 4.95. The summed E-state index contributed by atoms with van der Waals surface area (Å²) in [5.74, 6) is 0. The average Bonchev–Trinajstić information content (AvgIpc) is 2.39. The summed E-state index contributed by atoms with van der Waals surface area (Å²) in [6, 6.07) is 7.55. The van der Waals surface area contributed by atoms with Crippen molar-refractivity contribution in [2.45, 2.75) is 50.2 Å². The molecule has 3 nitrogen and oxygen atoms in total. The largest absolute Gasteiger partial charge is 0.389 e. The van der Waals surface area contributed by atoms with Gasteiger partial charge in [0.1, 0.15) is 4.99 Å². The molecule has 0 aliphatic carbocycles. The van der Waals surface area contributed by atoms with Crippen LogP contribution in [0.15, 0.2) is 18.2 Å². The summed E-state index contributed by atoms with van der Waals surface area (Å²) in [4.78, 5) is 2.98. The second-order valence-corrected chi connectivity index (χ2v) is 7.15. The summed E-state index contributed by atoms with van der Waals surface area (Å²) in [5, 5.41) is 4.36. The van der Waals surface area contributed by atoms with Crippen LogP contribution in [0.1, 0.15) is 37.7 Å². The van der Waals surface area contributed by atoms with Crippen LogP contribution in [0.5, 0.6) is 0 Å². The third kappa shape index (κ3) is 3.17. The second kappa shape index (κ2) is 6.11. The maximum absolute atomic E-state index is 6.13. The minimum Gasteiger partial charge on any atom is -0.389 e. The number of rotatable bonds is 3. The Kier molecular flexibility index (Phi) is 4.38. The van der Waals surface area contributed by atoms with Crippen molar-refractivity contribution in [2.75, 3.05) is 12.4 Å². The summed E-state index contributed by atoms with van der Waals surface area (Å²) >= 11 is 11.3. The molecule has 0 radical (unpaired) electrons. The van der Waals surface area contributed by atoms with E-state index in [1.54, 1.807) is 0 Å². The molecular formula is C16H22ClN3S. The van der Waals surface area contributed by atoms with Crippen LogP contribution in [0.3, 0.4) is 0 Å². The number of thiocarbonyl (C=S) groups is 1. The van der Waals surface area contributed by atoms with Crippen molar-refractivity contribution in [1.29, 1.82) is 0 Å². The van der Waals surface area contributed by atoms with Crippen molar-refractivity contribution in [2.24, 2.45) is 5.73 Å². The van der Waals surface area contributed by atoms with Crippen LogP contribution in [0, 0.1) is 0 Å². The van der Waals surface area contributed by atoms with Gasteiger partial charge in [-0.15, -0.1) is 0 Å². The first kappa shape index (κ1) is 15.1. The number of nitrogens with one attached hydrogen (secondary N) is 1. The Morgan fingerprint density at radius 2 is 2.00 bits per heavy atom. The van der Waals surface area contributed by atoms with Crippen molar-refractivity contribution in [1.82, 2.24) is 4.90 Å². The van der Waals surface area contributed by atoms with Gasteiger partial charge in [0.25, 0.3) is 0 Å². The number of fused-ring (bicyclic) bond motifs is 2. The molecule has 21 heavy (non-hydrogen) atoms. The zero-order chi connectivity index (χ0) is 15.0. The van der Waals surface area contributed by atoms with E-state index in [-0.39, 0.29) is 0 Å². The van der Waals surface area contributed by atoms with E-state index in [2.05, 4.69) is 17.3 Å². The Morgan fingerprint density at radius 3 is 2.62 bits per heavy atom. The Morgan fingerprint density at radius 1 is 1.33 bits per heavy atom. The summed E-state index contributed by atoms with van der Waals surface area (Å²) in [5.41, 5.74) is 7.69. The molecule has 2 aliphatic heterocycles. The fraction of sp³-hybridized carbons (Fsp3) is 0.562. The zero-order valence-corrected chi connectivity index (χ0v) is 13.9. The van der Waals surface area contributed by atoms with E-state index in [0.717, 1.165) is 11.3 Å². The van der Waals surface area contributed by atoms with Crippen LogP contribution >= 0.6 is 23.8 Å². The Bertz CT molecular complexity index is 534. The first-order valence-electron chi connectivity index (χ1n) is 7.62. The SMILES string of the molecule is CN1C2CCCC1CC(Nc1cc(Cl)ccc1C(N)=S)C2. The average molecular weight is 324 g/mol. The van der Waals surface area contributed by atoms with Gasteiger partial charge in [-0.1, -0.05) is 30.2 Å². The standard InChI is InChI=1S/C16H22ClN3S/c1-20-12-3-2-4-13(20)9-11(8-12)19-15-7-10(17)5-6-14(15)16(18)21/h5-7,11-13,19H,2-4,8-9H2,1H3,(H2,18,21). The van der Waals surface area contributed by atoms with Gasteiger partial charge in [-0.3, -0.25) is 0 Å². The van der Waals surface area contributed by atoms with Gasteiger partial charge in [0, 0.05) is 34.4 Å². The minimum atomic E-state index is 0.419. The summed E-state index contributed by atoms with van der Waals surface area (Å²) in [6.45, 7) is 0. The molecule has 114 valence electrons. The minimum absolute atomic E-state index is 0.419. The quantitative estimate of drug-likeness (QED) is 0.837. The molecule has 0 amide bonds. The second-order valence-electron chi connectivity index (χ2n) is 6.27. The zero-order valence-electron chi connectivity index (χ0n) is 12.3. The van der Waals surface area contributed by atoms with Crippen LogP contribution < -0.4 is 11.1 Å². The highest BCUT2D eigenvalue weighted by Crippen LogP contribution is 2.34. The van der Waals surface area contributed by atoms with Crippen LogP contribution in [0.25, 0.3) is 0 Å². The number of anilines is 1. The van der Waals surface area contributed by atoms with E-state index >= 15 is 0 Å². The normalized spacial score (nSPS) is 29.1. The predicted octanol–water partition coefficient (Wildman–Crippen LogP) is 3.40. The number of halogens is 1. The number of nitrogens with zero attached hydrogens (tertiary/aromatic N) is 1. The van der Waals surface area contributed by atoms with Gasteiger partial charge < -0.3 is 16.0 Å². The van der Waals surface area contributed by atoms with E-state index in [0.29, 0.717) is 28.1 Å². The predicted molar refractivity (Wildman–Crippen MR) is 93.2 cm³/mol. The van der Waals surface area contributed by atoms with Gasteiger partial charge in [-0.2, -0.15) is 0 Å². The lowest BCUT2D eigenvalue weighted by atomic mass is 9.82. The molecule has 2 fully saturated rings. The van der Waals surface area contributed by atoms with Crippen LogP contribution in [0.2, 0.25) is 5.02 Å². The Balaban J connectivity index is 1.78. The third-order valence-corrected chi connectivity index (χ3v) is 5.40. The summed E-state index contributed by atoms with van der Waals surface area (Å²) in [7, 11) is 2.27. The molecule has 0 aromatic heterocycles. The highest BCUT2D eigenvalue weighted by atomic mass is 35.5. The smallest absolute Gasteiger partial charge is 0.106 e. The van der Waals surface area contributed by atoms with Crippen LogP contribution in [-0.4, -0.2) is 35.1 Å². The number of hydrogen-bond acceptors (Lipinski definition) is 3. The van der Waals surface area contributed by atoms with Crippen molar-refractivity contribution in [3.8, 4) is 0 Å². The van der Waals surface area contributed by atoms with Gasteiger partial charge in [0.2, 0.25) is 0 Å². The summed E-state index contributed by atoms with van der Waals surface area (Å²) < 4.78 is 0. The molecular weight excluding hydrogens is 302 g/mol. The molecule has 1 aromatic rings. The molecule has 2 bridgehead atoms. The van der Waals surface area contributed by atoms with Crippen LogP contribution in [-0.2, 0) is 0 Å². The monoisotopic (exact) mass is 323 g/mol. The van der Waals surface area contributed by atoms with Crippen molar-refractivity contribution >= 4 is 34.5 Å². The van der Waals surface area contributed by atoms with Crippen molar-refractivity contribution < 1.29 is 0 Å². The molecule has 2 atom stereocenters.